The van der Waals surface area contributed by atoms with Gasteiger partial charge in [-0.05, 0) is 29.9 Å². The Hall–Kier alpha value is -1.55. The van der Waals surface area contributed by atoms with Crippen molar-refractivity contribution >= 4 is 6.03 Å². The van der Waals surface area contributed by atoms with E-state index in [4.69, 9.17) is 5.73 Å². The van der Waals surface area contributed by atoms with Crippen molar-refractivity contribution in [3.8, 4) is 0 Å². The van der Waals surface area contributed by atoms with E-state index in [0.29, 0.717) is 6.54 Å². The van der Waals surface area contributed by atoms with Crippen molar-refractivity contribution in [1.82, 2.24) is 10.6 Å². The number of urea groups is 1. The standard InChI is InChI=1S/C13H19N3O/c14-13(17)16-8-7-15-9-10-1-3-11(4-2-10)12-5-6-12/h1-4,12,15H,5-9H2,(H3,14,16,17). The Bertz CT molecular complexity index is 371. The summed E-state index contributed by atoms with van der Waals surface area (Å²) < 4.78 is 0. The molecule has 0 aromatic heterocycles. The smallest absolute Gasteiger partial charge is 0.312 e. The topological polar surface area (TPSA) is 67.2 Å². The van der Waals surface area contributed by atoms with Crippen molar-refractivity contribution in [2.24, 2.45) is 5.73 Å². The third kappa shape index (κ3) is 4.07. The van der Waals surface area contributed by atoms with Crippen LogP contribution in [0.25, 0.3) is 0 Å². The fourth-order valence-electron chi connectivity index (χ4n) is 1.83. The number of rotatable bonds is 6. The number of carbonyl (C=O) groups excluding carboxylic acids is 1. The Morgan fingerprint density at radius 3 is 2.53 bits per heavy atom. The Kier molecular flexibility index (Phi) is 3.98. The zero-order valence-corrected chi connectivity index (χ0v) is 9.91. The second-order valence-corrected chi connectivity index (χ2v) is 4.48. The van der Waals surface area contributed by atoms with Gasteiger partial charge in [-0.25, -0.2) is 4.79 Å². The van der Waals surface area contributed by atoms with Crippen molar-refractivity contribution in [1.29, 1.82) is 0 Å². The van der Waals surface area contributed by atoms with Crippen molar-refractivity contribution in [2.45, 2.75) is 25.3 Å². The molecule has 0 atom stereocenters. The summed E-state index contributed by atoms with van der Waals surface area (Å²) in [5.41, 5.74) is 7.69. The van der Waals surface area contributed by atoms with Crippen molar-refractivity contribution in [3.05, 3.63) is 35.4 Å². The monoisotopic (exact) mass is 233 g/mol. The number of carbonyl (C=O) groups is 1. The molecule has 0 unspecified atom stereocenters. The maximum absolute atomic E-state index is 10.4. The summed E-state index contributed by atoms with van der Waals surface area (Å²) in [4.78, 5) is 10.4. The maximum atomic E-state index is 10.4. The third-order valence-corrected chi connectivity index (χ3v) is 2.96. The minimum Gasteiger partial charge on any atom is -0.352 e. The molecule has 4 nitrogen and oxygen atoms in total. The summed E-state index contributed by atoms with van der Waals surface area (Å²) in [6.07, 6.45) is 2.69. The van der Waals surface area contributed by atoms with Crippen LogP contribution in [0, 0.1) is 0 Å². The highest BCUT2D eigenvalue weighted by Crippen LogP contribution is 2.39. The minimum atomic E-state index is -0.472. The number of benzene rings is 1. The fraction of sp³-hybridized carbons (Fsp3) is 0.462. The molecule has 0 spiro atoms. The van der Waals surface area contributed by atoms with Crippen LogP contribution in [0.3, 0.4) is 0 Å². The quantitative estimate of drug-likeness (QED) is 0.649. The molecule has 1 aliphatic rings. The van der Waals surface area contributed by atoms with Gasteiger partial charge in [0.2, 0.25) is 0 Å². The van der Waals surface area contributed by atoms with Gasteiger partial charge in [0, 0.05) is 19.6 Å². The molecular weight excluding hydrogens is 214 g/mol. The summed E-state index contributed by atoms with van der Waals surface area (Å²) in [5, 5.41) is 5.79. The molecule has 0 bridgehead atoms. The lowest BCUT2D eigenvalue weighted by atomic mass is 10.1. The zero-order chi connectivity index (χ0) is 12.1. The van der Waals surface area contributed by atoms with E-state index in [9.17, 15) is 4.79 Å². The van der Waals surface area contributed by atoms with Crippen LogP contribution in [0.15, 0.2) is 24.3 Å². The second-order valence-electron chi connectivity index (χ2n) is 4.48. The van der Waals surface area contributed by atoms with Crippen molar-refractivity contribution < 1.29 is 4.79 Å². The maximum Gasteiger partial charge on any atom is 0.312 e. The molecule has 1 saturated carbocycles. The van der Waals surface area contributed by atoms with E-state index >= 15 is 0 Å². The molecule has 0 heterocycles. The van der Waals surface area contributed by atoms with Crippen LogP contribution in [0.5, 0.6) is 0 Å². The SMILES string of the molecule is NC(=O)NCCNCc1ccc(C2CC2)cc1. The van der Waals surface area contributed by atoms with E-state index in [1.54, 1.807) is 0 Å². The first-order valence-electron chi connectivity index (χ1n) is 6.08. The van der Waals surface area contributed by atoms with Crippen LogP contribution in [-0.2, 0) is 6.54 Å². The van der Waals surface area contributed by atoms with Crippen LogP contribution < -0.4 is 16.4 Å². The number of primary amides is 1. The van der Waals surface area contributed by atoms with Crippen LogP contribution in [-0.4, -0.2) is 19.1 Å². The number of nitrogens with two attached hydrogens (primary N) is 1. The molecule has 4 heteroatoms. The van der Waals surface area contributed by atoms with Gasteiger partial charge in [-0.1, -0.05) is 24.3 Å². The van der Waals surface area contributed by atoms with Gasteiger partial charge in [0.25, 0.3) is 0 Å². The van der Waals surface area contributed by atoms with Crippen LogP contribution in [0.4, 0.5) is 4.79 Å². The van der Waals surface area contributed by atoms with E-state index in [2.05, 4.69) is 34.9 Å². The normalized spacial score (nSPS) is 14.6. The van der Waals surface area contributed by atoms with Gasteiger partial charge in [0.1, 0.15) is 0 Å². The Labute approximate surface area is 102 Å². The first kappa shape index (κ1) is 11.9. The van der Waals surface area contributed by atoms with Crippen LogP contribution in [0.2, 0.25) is 0 Å². The second kappa shape index (κ2) is 5.68. The highest BCUT2D eigenvalue weighted by Gasteiger charge is 2.22. The molecule has 92 valence electrons. The van der Waals surface area contributed by atoms with Gasteiger partial charge in [-0.3, -0.25) is 0 Å². The molecule has 0 radical (unpaired) electrons. The average molecular weight is 233 g/mol. The molecule has 1 fully saturated rings. The lowest BCUT2D eigenvalue weighted by Crippen LogP contribution is -2.35. The molecule has 2 amide bonds. The van der Waals surface area contributed by atoms with E-state index in [-0.39, 0.29) is 0 Å². The molecule has 1 aromatic carbocycles. The molecule has 2 rings (SSSR count). The molecule has 4 N–H and O–H groups in total. The predicted molar refractivity (Wildman–Crippen MR) is 67.7 cm³/mol. The van der Waals surface area contributed by atoms with E-state index in [1.807, 2.05) is 0 Å². The predicted octanol–water partition coefficient (Wildman–Crippen LogP) is 1.32. The molecule has 1 aliphatic carbocycles. The summed E-state index contributed by atoms with van der Waals surface area (Å²) in [7, 11) is 0. The Balaban J connectivity index is 1.66. The van der Waals surface area contributed by atoms with Gasteiger partial charge >= 0.3 is 6.03 Å². The molecule has 1 aromatic rings. The molecule has 17 heavy (non-hydrogen) atoms. The lowest BCUT2D eigenvalue weighted by molar-refractivity contribution is 0.249. The highest BCUT2D eigenvalue weighted by atomic mass is 16.2. The Morgan fingerprint density at radius 2 is 1.94 bits per heavy atom. The van der Waals surface area contributed by atoms with Gasteiger partial charge in [0.15, 0.2) is 0 Å². The molecular formula is C13H19N3O. The third-order valence-electron chi connectivity index (χ3n) is 2.96. The average Bonchev–Trinajstić information content (AvgIpc) is 3.13. The molecule has 0 aliphatic heterocycles. The number of hydrogen-bond acceptors (Lipinski definition) is 2. The van der Waals surface area contributed by atoms with E-state index in [0.717, 1.165) is 19.0 Å². The zero-order valence-electron chi connectivity index (χ0n) is 9.91. The van der Waals surface area contributed by atoms with E-state index in [1.165, 1.54) is 24.0 Å². The number of nitrogens with one attached hydrogen (secondary N) is 2. The van der Waals surface area contributed by atoms with Crippen molar-refractivity contribution in [3.63, 3.8) is 0 Å². The Morgan fingerprint density at radius 1 is 1.24 bits per heavy atom. The van der Waals surface area contributed by atoms with E-state index < -0.39 is 6.03 Å². The van der Waals surface area contributed by atoms with Gasteiger partial charge in [-0.15, -0.1) is 0 Å². The number of hydrogen-bond donors (Lipinski definition) is 3. The first-order valence-corrected chi connectivity index (χ1v) is 6.08. The van der Waals surface area contributed by atoms with Crippen LogP contribution in [0.1, 0.15) is 29.9 Å². The van der Waals surface area contributed by atoms with Gasteiger partial charge in [0.05, 0.1) is 0 Å². The fourth-order valence-corrected chi connectivity index (χ4v) is 1.83. The summed E-state index contributed by atoms with van der Waals surface area (Å²) in [6, 6.07) is 8.30. The summed E-state index contributed by atoms with van der Waals surface area (Å²) >= 11 is 0. The largest absolute Gasteiger partial charge is 0.352 e. The lowest BCUT2D eigenvalue weighted by Gasteiger charge is -2.06. The van der Waals surface area contributed by atoms with Crippen molar-refractivity contribution in [2.75, 3.05) is 13.1 Å². The van der Waals surface area contributed by atoms with Gasteiger partial charge in [-0.2, -0.15) is 0 Å². The van der Waals surface area contributed by atoms with Gasteiger partial charge < -0.3 is 16.4 Å². The first-order chi connectivity index (χ1) is 8.25. The summed E-state index contributed by atoms with van der Waals surface area (Å²) in [5.74, 6) is 0.816. The highest BCUT2D eigenvalue weighted by molar-refractivity contribution is 5.71. The molecule has 0 saturated heterocycles. The van der Waals surface area contributed by atoms with Crippen LogP contribution >= 0.6 is 0 Å². The summed E-state index contributed by atoms with van der Waals surface area (Å²) in [6.45, 7) is 2.12. The minimum absolute atomic E-state index is 0.472. The number of amides is 2.